The number of rotatable bonds is 8. The van der Waals surface area contributed by atoms with Crippen molar-refractivity contribution in [3.05, 3.63) is 11.9 Å². The van der Waals surface area contributed by atoms with Crippen LogP contribution in [0.25, 0.3) is 0 Å². The summed E-state index contributed by atoms with van der Waals surface area (Å²) in [5, 5.41) is 0. The van der Waals surface area contributed by atoms with Gasteiger partial charge in [0.1, 0.15) is 11.6 Å². The van der Waals surface area contributed by atoms with E-state index in [2.05, 4.69) is 28.7 Å². The zero-order valence-corrected chi connectivity index (χ0v) is 12.8. The fourth-order valence-corrected chi connectivity index (χ4v) is 1.84. The molecule has 0 aliphatic carbocycles. The maximum Gasteiger partial charge on any atom is 0.218 e. The van der Waals surface area contributed by atoms with Gasteiger partial charge in [-0.2, -0.15) is 4.98 Å². The van der Waals surface area contributed by atoms with Crippen LogP contribution in [0.15, 0.2) is 6.07 Å². The second-order valence-electron chi connectivity index (χ2n) is 4.40. The summed E-state index contributed by atoms with van der Waals surface area (Å²) in [5.74, 6) is 2.65. The molecule has 5 nitrogen and oxygen atoms in total. The lowest BCUT2D eigenvalue weighted by molar-refractivity contribution is 0.154. The van der Waals surface area contributed by atoms with Crippen LogP contribution in [0.2, 0.25) is 0 Å². The molecule has 0 atom stereocenters. The van der Waals surface area contributed by atoms with Crippen LogP contribution in [-0.4, -0.2) is 48.8 Å². The molecule has 1 aromatic heterocycles. The molecule has 0 aliphatic heterocycles. The molecule has 0 amide bonds. The molecule has 0 fully saturated rings. The van der Waals surface area contributed by atoms with Crippen molar-refractivity contribution in [3.8, 4) is 5.88 Å². The van der Waals surface area contributed by atoms with Crippen molar-refractivity contribution in [2.24, 2.45) is 0 Å². The predicted octanol–water partition coefficient (Wildman–Crippen LogP) is 2.26. The number of anilines is 1. The molecule has 1 heterocycles. The molecule has 0 N–H and O–H groups in total. The van der Waals surface area contributed by atoms with Crippen LogP contribution >= 0.6 is 11.6 Å². The van der Waals surface area contributed by atoms with E-state index in [0.29, 0.717) is 36.8 Å². The Bertz CT molecular complexity index is 388. The summed E-state index contributed by atoms with van der Waals surface area (Å²) in [6, 6.07) is 2.16. The Labute approximate surface area is 119 Å². The van der Waals surface area contributed by atoms with E-state index in [-0.39, 0.29) is 0 Å². The van der Waals surface area contributed by atoms with E-state index in [1.165, 1.54) is 0 Å². The first kappa shape index (κ1) is 16.0. The highest BCUT2D eigenvalue weighted by atomic mass is 35.5. The molecule has 0 aliphatic rings. The quantitative estimate of drug-likeness (QED) is 0.542. The van der Waals surface area contributed by atoms with Crippen molar-refractivity contribution in [1.82, 2.24) is 9.97 Å². The molecule has 0 bridgehead atoms. The Morgan fingerprint density at radius 3 is 2.63 bits per heavy atom. The Hall–Kier alpha value is -1.07. The Morgan fingerprint density at radius 2 is 2.05 bits per heavy atom. The first-order valence-electron chi connectivity index (χ1n) is 6.38. The summed E-state index contributed by atoms with van der Waals surface area (Å²) in [6.07, 6.45) is 0. The van der Waals surface area contributed by atoms with Gasteiger partial charge in [0.05, 0.1) is 20.3 Å². The van der Waals surface area contributed by atoms with Crippen LogP contribution in [-0.2, 0) is 4.74 Å². The highest BCUT2D eigenvalue weighted by Gasteiger charge is 2.14. The number of methoxy groups -OCH3 is 1. The summed E-state index contributed by atoms with van der Waals surface area (Å²) in [7, 11) is 1.61. The SMILES string of the molecule is COc1cc(N(CCOCCCl)C(C)C)nc(C)n1. The molecular weight excluding hydrogens is 266 g/mol. The lowest BCUT2D eigenvalue weighted by Crippen LogP contribution is -2.35. The molecule has 1 aromatic rings. The highest BCUT2D eigenvalue weighted by molar-refractivity contribution is 6.17. The number of aromatic nitrogens is 2. The second kappa shape index (κ2) is 8.17. The standard InChI is InChI=1S/C13H22ClN3O2/c1-10(2)17(6-8-19-7-5-14)12-9-13(18-4)16-11(3)15-12/h9-10H,5-8H2,1-4H3. The fourth-order valence-electron chi connectivity index (χ4n) is 1.73. The van der Waals surface area contributed by atoms with E-state index in [1.807, 2.05) is 13.0 Å². The average molecular weight is 288 g/mol. The topological polar surface area (TPSA) is 47.5 Å². The van der Waals surface area contributed by atoms with Crippen LogP contribution in [0.1, 0.15) is 19.7 Å². The van der Waals surface area contributed by atoms with Gasteiger partial charge in [0.2, 0.25) is 5.88 Å². The number of hydrogen-bond acceptors (Lipinski definition) is 5. The molecule has 19 heavy (non-hydrogen) atoms. The molecule has 0 saturated carbocycles. The zero-order chi connectivity index (χ0) is 14.3. The molecule has 0 aromatic carbocycles. The van der Waals surface area contributed by atoms with E-state index in [0.717, 1.165) is 12.4 Å². The fraction of sp³-hybridized carbons (Fsp3) is 0.692. The predicted molar refractivity (Wildman–Crippen MR) is 77.3 cm³/mol. The van der Waals surface area contributed by atoms with E-state index in [4.69, 9.17) is 21.1 Å². The molecule has 1 rings (SSSR count). The van der Waals surface area contributed by atoms with Gasteiger partial charge in [-0.05, 0) is 20.8 Å². The maximum atomic E-state index is 5.58. The Balaban J connectivity index is 2.77. The van der Waals surface area contributed by atoms with Crippen molar-refractivity contribution in [3.63, 3.8) is 0 Å². The minimum absolute atomic E-state index is 0.318. The second-order valence-corrected chi connectivity index (χ2v) is 4.78. The van der Waals surface area contributed by atoms with Gasteiger partial charge in [-0.25, -0.2) is 4.98 Å². The number of halogens is 1. The summed E-state index contributed by atoms with van der Waals surface area (Å²) < 4.78 is 10.6. The molecule has 0 unspecified atom stereocenters. The number of aryl methyl sites for hydroxylation is 1. The molecular formula is C13H22ClN3O2. The summed E-state index contributed by atoms with van der Waals surface area (Å²) in [6.45, 7) is 8.04. The first-order chi connectivity index (χ1) is 9.08. The third-order valence-electron chi connectivity index (χ3n) is 2.63. The van der Waals surface area contributed by atoms with Crippen molar-refractivity contribution < 1.29 is 9.47 Å². The summed E-state index contributed by atoms with van der Waals surface area (Å²) in [4.78, 5) is 10.8. The monoisotopic (exact) mass is 287 g/mol. The number of alkyl halides is 1. The molecule has 0 saturated heterocycles. The van der Waals surface area contributed by atoms with Crippen LogP contribution in [0.5, 0.6) is 5.88 Å². The smallest absolute Gasteiger partial charge is 0.218 e. The average Bonchev–Trinajstić information content (AvgIpc) is 2.37. The highest BCUT2D eigenvalue weighted by Crippen LogP contribution is 2.19. The van der Waals surface area contributed by atoms with Crippen molar-refractivity contribution in [1.29, 1.82) is 0 Å². The van der Waals surface area contributed by atoms with Crippen LogP contribution < -0.4 is 9.64 Å². The first-order valence-corrected chi connectivity index (χ1v) is 6.92. The van der Waals surface area contributed by atoms with Gasteiger partial charge in [-0.15, -0.1) is 11.6 Å². The van der Waals surface area contributed by atoms with Gasteiger partial charge in [0, 0.05) is 24.5 Å². The Morgan fingerprint density at radius 1 is 1.32 bits per heavy atom. The van der Waals surface area contributed by atoms with E-state index >= 15 is 0 Å². The van der Waals surface area contributed by atoms with Gasteiger partial charge in [-0.3, -0.25) is 0 Å². The van der Waals surface area contributed by atoms with Gasteiger partial charge in [-0.1, -0.05) is 0 Å². The molecule has 0 spiro atoms. The van der Waals surface area contributed by atoms with Gasteiger partial charge in [0.15, 0.2) is 0 Å². The number of hydrogen-bond donors (Lipinski definition) is 0. The van der Waals surface area contributed by atoms with Gasteiger partial charge < -0.3 is 14.4 Å². The van der Waals surface area contributed by atoms with Crippen LogP contribution in [0.4, 0.5) is 5.82 Å². The largest absolute Gasteiger partial charge is 0.481 e. The normalized spacial score (nSPS) is 10.8. The summed E-state index contributed by atoms with van der Waals surface area (Å²) in [5.41, 5.74) is 0. The van der Waals surface area contributed by atoms with E-state index in [1.54, 1.807) is 7.11 Å². The van der Waals surface area contributed by atoms with E-state index in [9.17, 15) is 0 Å². The van der Waals surface area contributed by atoms with Gasteiger partial charge >= 0.3 is 0 Å². The minimum atomic E-state index is 0.318. The van der Waals surface area contributed by atoms with Crippen LogP contribution in [0, 0.1) is 6.92 Å². The van der Waals surface area contributed by atoms with Gasteiger partial charge in [0.25, 0.3) is 0 Å². The third kappa shape index (κ3) is 5.20. The van der Waals surface area contributed by atoms with E-state index < -0.39 is 0 Å². The maximum absolute atomic E-state index is 5.58. The molecule has 0 radical (unpaired) electrons. The van der Waals surface area contributed by atoms with Crippen molar-refractivity contribution in [2.45, 2.75) is 26.8 Å². The zero-order valence-electron chi connectivity index (χ0n) is 12.0. The van der Waals surface area contributed by atoms with Crippen molar-refractivity contribution >= 4 is 17.4 Å². The van der Waals surface area contributed by atoms with Crippen molar-refractivity contribution in [2.75, 3.05) is 37.6 Å². The summed E-state index contributed by atoms with van der Waals surface area (Å²) >= 11 is 5.58. The van der Waals surface area contributed by atoms with Crippen LogP contribution in [0.3, 0.4) is 0 Å². The number of ether oxygens (including phenoxy) is 2. The Kier molecular flexibility index (Phi) is 6.87. The lowest BCUT2D eigenvalue weighted by Gasteiger charge is -2.28. The minimum Gasteiger partial charge on any atom is -0.481 e. The molecule has 108 valence electrons. The third-order valence-corrected chi connectivity index (χ3v) is 2.78. The lowest BCUT2D eigenvalue weighted by atomic mass is 10.3. The molecule has 6 heteroatoms. The number of nitrogens with zero attached hydrogens (tertiary/aromatic N) is 3.